The third-order valence-electron chi connectivity index (χ3n) is 1.66. The van der Waals surface area contributed by atoms with Gasteiger partial charge in [-0.1, -0.05) is 0 Å². The molecule has 0 aromatic carbocycles. The molecular formula is C8H17NO. The van der Waals surface area contributed by atoms with Gasteiger partial charge in [-0.05, 0) is 33.7 Å². The third-order valence-corrected chi connectivity index (χ3v) is 1.66. The lowest BCUT2D eigenvalue weighted by molar-refractivity contribution is -0.117. The van der Waals surface area contributed by atoms with Gasteiger partial charge in [0.1, 0.15) is 5.78 Å². The van der Waals surface area contributed by atoms with E-state index in [1.165, 1.54) is 0 Å². The molecule has 1 atom stereocenters. The zero-order valence-electron chi connectivity index (χ0n) is 7.11. The number of carbonyl (C=O) groups is 1. The van der Waals surface area contributed by atoms with Gasteiger partial charge in [-0.3, -0.25) is 0 Å². The Hall–Kier alpha value is -0.370. The fourth-order valence-corrected chi connectivity index (χ4v) is 0.802. The Morgan fingerprint density at radius 3 is 2.60 bits per heavy atom. The molecule has 0 saturated heterocycles. The summed E-state index contributed by atoms with van der Waals surface area (Å²) in [5.41, 5.74) is 0. The average molecular weight is 143 g/mol. The van der Waals surface area contributed by atoms with Gasteiger partial charge in [0.25, 0.3) is 0 Å². The van der Waals surface area contributed by atoms with Gasteiger partial charge in [0.05, 0.1) is 0 Å². The minimum absolute atomic E-state index is 0.295. The lowest BCUT2D eigenvalue weighted by atomic mass is 10.1. The van der Waals surface area contributed by atoms with Gasteiger partial charge in [-0.2, -0.15) is 0 Å². The molecular weight excluding hydrogens is 126 g/mol. The fourth-order valence-electron chi connectivity index (χ4n) is 0.802. The van der Waals surface area contributed by atoms with Gasteiger partial charge in [0.15, 0.2) is 0 Å². The Kier molecular flexibility index (Phi) is 5.22. The molecule has 1 N–H and O–H groups in total. The van der Waals surface area contributed by atoms with Crippen LogP contribution in [0.5, 0.6) is 0 Å². The minimum atomic E-state index is 0.295. The molecule has 2 nitrogen and oxygen atoms in total. The van der Waals surface area contributed by atoms with Crippen LogP contribution < -0.4 is 5.32 Å². The second-order valence-electron chi connectivity index (χ2n) is 2.78. The summed E-state index contributed by atoms with van der Waals surface area (Å²) in [4.78, 5) is 10.5. The smallest absolute Gasteiger partial charge is 0.129 e. The topological polar surface area (TPSA) is 29.1 Å². The van der Waals surface area contributed by atoms with Crippen LogP contribution in [-0.2, 0) is 4.79 Å². The van der Waals surface area contributed by atoms with E-state index in [0.29, 0.717) is 11.8 Å². The van der Waals surface area contributed by atoms with Crippen molar-refractivity contribution in [3.05, 3.63) is 0 Å². The van der Waals surface area contributed by atoms with Crippen LogP contribution in [0.1, 0.15) is 33.1 Å². The molecule has 0 fully saturated rings. The number of carbonyl (C=O) groups excluding carboxylic acids is 1. The lowest BCUT2D eigenvalue weighted by Gasteiger charge is -2.07. The number of nitrogens with one attached hydrogen (secondary N) is 1. The summed E-state index contributed by atoms with van der Waals surface area (Å²) in [5.74, 6) is 0.295. The maximum absolute atomic E-state index is 10.5. The Morgan fingerprint density at radius 2 is 2.20 bits per heavy atom. The van der Waals surface area contributed by atoms with Crippen LogP contribution in [0.2, 0.25) is 0 Å². The molecule has 0 rings (SSSR count). The highest BCUT2D eigenvalue weighted by molar-refractivity contribution is 5.75. The van der Waals surface area contributed by atoms with Crippen molar-refractivity contribution in [3.63, 3.8) is 0 Å². The maximum Gasteiger partial charge on any atom is 0.129 e. The molecule has 0 aromatic rings. The maximum atomic E-state index is 10.5. The molecule has 0 aromatic heterocycles. The van der Waals surface area contributed by atoms with E-state index in [2.05, 4.69) is 12.2 Å². The van der Waals surface area contributed by atoms with E-state index in [-0.39, 0.29) is 0 Å². The standard InChI is InChI=1S/C8H17NO/c1-7(9-3)5-4-6-8(2)10/h7,9H,4-6H2,1-3H3/t7-/m0/s1. The first kappa shape index (κ1) is 9.63. The van der Waals surface area contributed by atoms with Gasteiger partial charge in [-0.25, -0.2) is 0 Å². The van der Waals surface area contributed by atoms with Gasteiger partial charge >= 0.3 is 0 Å². The highest BCUT2D eigenvalue weighted by Crippen LogP contribution is 1.99. The molecule has 0 heterocycles. The van der Waals surface area contributed by atoms with E-state index in [4.69, 9.17) is 0 Å². The number of ketones is 1. The monoisotopic (exact) mass is 143 g/mol. The molecule has 0 saturated carbocycles. The zero-order valence-corrected chi connectivity index (χ0v) is 7.11. The number of hydrogen-bond donors (Lipinski definition) is 1. The minimum Gasteiger partial charge on any atom is -0.317 e. The summed E-state index contributed by atoms with van der Waals surface area (Å²) in [6.45, 7) is 3.77. The van der Waals surface area contributed by atoms with E-state index >= 15 is 0 Å². The van der Waals surface area contributed by atoms with E-state index in [1.54, 1.807) is 6.92 Å². The van der Waals surface area contributed by atoms with E-state index in [0.717, 1.165) is 19.3 Å². The van der Waals surface area contributed by atoms with Gasteiger partial charge in [0, 0.05) is 12.5 Å². The number of rotatable bonds is 5. The molecule has 0 aliphatic carbocycles. The van der Waals surface area contributed by atoms with Crippen molar-refractivity contribution in [1.29, 1.82) is 0 Å². The fraction of sp³-hybridized carbons (Fsp3) is 0.875. The van der Waals surface area contributed by atoms with E-state index < -0.39 is 0 Å². The van der Waals surface area contributed by atoms with E-state index in [1.807, 2.05) is 7.05 Å². The van der Waals surface area contributed by atoms with Crippen molar-refractivity contribution in [2.24, 2.45) is 0 Å². The summed E-state index contributed by atoms with van der Waals surface area (Å²) in [7, 11) is 1.94. The molecule has 0 bridgehead atoms. The zero-order chi connectivity index (χ0) is 7.98. The highest BCUT2D eigenvalue weighted by atomic mass is 16.1. The summed E-state index contributed by atoms with van der Waals surface area (Å²) >= 11 is 0. The SMILES string of the molecule is CN[C@@H](C)CCCC(C)=O. The number of Topliss-reactive ketones (excluding diaryl/α,β-unsaturated/α-hetero) is 1. The van der Waals surface area contributed by atoms with Crippen molar-refractivity contribution in [2.75, 3.05) is 7.05 Å². The summed E-state index contributed by atoms with van der Waals surface area (Å²) in [6.07, 6.45) is 2.83. The van der Waals surface area contributed by atoms with Crippen LogP contribution in [-0.4, -0.2) is 18.9 Å². The summed E-state index contributed by atoms with van der Waals surface area (Å²) in [5, 5.41) is 3.13. The first-order valence-corrected chi connectivity index (χ1v) is 3.83. The second-order valence-corrected chi connectivity index (χ2v) is 2.78. The molecule has 10 heavy (non-hydrogen) atoms. The normalized spacial score (nSPS) is 13.1. The van der Waals surface area contributed by atoms with Gasteiger partial charge in [-0.15, -0.1) is 0 Å². The molecule has 2 heteroatoms. The Balaban J connectivity index is 3.11. The van der Waals surface area contributed by atoms with Crippen LogP contribution in [0.3, 0.4) is 0 Å². The average Bonchev–Trinajstić information content (AvgIpc) is 1.87. The molecule has 0 amide bonds. The first-order valence-electron chi connectivity index (χ1n) is 3.83. The molecule has 0 unspecified atom stereocenters. The van der Waals surface area contributed by atoms with Crippen molar-refractivity contribution >= 4 is 5.78 Å². The quantitative estimate of drug-likeness (QED) is 0.629. The third kappa shape index (κ3) is 5.76. The molecule has 0 spiro atoms. The second kappa shape index (κ2) is 5.42. The molecule has 60 valence electrons. The van der Waals surface area contributed by atoms with Crippen LogP contribution in [0.15, 0.2) is 0 Å². The van der Waals surface area contributed by atoms with Crippen molar-refractivity contribution in [1.82, 2.24) is 5.32 Å². The van der Waals surface area contributed by atoms with Crippen LogP contribution in [0, 0.1) is 0 Å². The molecule has 0 aliphatic rings. The predicted octanol–water partition coefficient (Wildman–Crippen LogP) is 1.35. The summed E-state index contributed by atoms with van der Waals surface area (Å²) in [6, 6.07) is 0.541. The van der Waals surface area contributed by atoms with Gasteiger partial charge in [0.2, 0.25) is 0 Å². The predicted molar refractivity (Wildman–Crippen MR) is 43.1 cm³/mol. The molecule has 0 radical (unpaired) electrons. The van der Waals surface area contributed by atoms with Crippen LogP contribution in [0.25, 0.3) is 0 Å². The van der Waals surface area contributed by atoms with Gasteiger partial charge < -0.3 is 10.1 Å². The molecule has 0 aliphatic heterocycles. The van der Waals surface area contributed by atoms with Crippen LogP contribution >= 0.6 is 0 Å². The Bertz CT molecular complexity index is 101. The first-order chi connectivity index (χ1) is 4.66. The Labute approximate surface area is 63.0 Å². The van der Waals surface area contributed by atoms with Crippen molar-refractivity contribution < 1.29 is 4.79 Å². The highest BCUT2D eigenvalue weighted by Gasteiger charge is 1.98. The largest absolute Gasteiger partial charge is 0.317 e. The number of hydrogen-bond acceptors (Lipinski definition) is 2. The summed E-state index contributed by atoms with van der Waals surface area (Å²) < 4.78 is 0. The van der Waals surface area contributed by atoms with Crippen LogP contribution in [0.4, 0.5) is 0 Å². The Morgan fingerprint density at radius 1 is 1.60 bits per heavy atom. The van der Waals surface area contributed by atoms with Crippen molar-refractivity contribution in [2.45, 2.75) is 39.2 Å². The van der Waals surface area contributed by atoms with E-state index in [9.17, 15) is 4.79 Å². The van der Waals surface area contributed by atoms with Crippen molar-refractivity contribution in [3.8, 4) is 0 Å². The lowest BCUT2D eigenvalue weighted by Crippen LogP contribution is -2.20.